The van der Waals surface area contributed by atoms with Crippen LogP contribution in [0, 0.1) is 0 Å². The van der Waals surface area contributed by atoms with Gasteiger partial charge in [0.1, 0.15) is 6.04 Å². The molecule has 0 spiro atoms. The topological polar surface area (TPSA) is 75.4 Å². The van der Waals surface area contributed by atoms with Gasteiger partial charge in [0.25, 0.3) is 5.91 Å². The number of primary amides is 1. The lowest BCUT2D eigenvalue weighted by atomic mass is 9.93. The van der Waals surface area contributed by atoms with Gasteiger partial charge in [-0.25, -0.2) is 0 Å². The maximum absolute atomic E-state index is 13.2. The molecule has 1 unspecified atom stereocenters. The van der Waals surface area contributed by atoms with Crippen LogP contribution >= 0.6 is 0 Å². The van der Waals surface area contributed by atoms with Crippen LogP contribution < -0.4 is 11.1 Å². The Hall–Kier alpha value is -3.08. The molecule has 5 nitrogen and oxygen atoms in total. The molecular weight excluding hydrogens is 314 g/mol. The number of fused-ring (bicyclic) bond motifs is 1. The molecule has 0 fully saturated rings. The zero-order valence-electron chi connectivity index (χ0n) is 13.9. The summed E-state index contributed by atoms with van der Waals surface area (Å²) < 4.78 is 0. The maximum Gasteiger partial charge on any atom is 0.256 e. The van der Waals surface area contributed by atoms with Gasteiger partial charge in [0.05, 0.1) is 5.56 Å². The zero-order chi connectivity index (χ0) is 17.8. The molecule has 25 heavy (non-hydrogen) atoms. The van der Waals surface area contributed by atoms with Gasteiger partial charge >= 0.3 is 0 Å². The quantitative estimate of drug-likeness (QED) is 0.824. The van der Waals surface area contributed by atoms with Crippen molar-refractivity contribution in [2.24, 2.45) is 5.73 Å². The second-order valence-electron chi connectivity index (χ2n) is 6.04. The van der Waals surface area contributed by atoms with E-state index in [9.17, 15) is 9.59 Å². The van der Waals surface area contributed by atoms with Crippen LogP contribution in [-0.4, -0.2) is 29.3 Å². The Kier molecular flexibility index (Phi) is 4.84. The first-order valence-electron chi connectivity index (χ1n) is 8.22. The standard InChI is InChI=1S/C20H21N3O2/c1-2-11-22-17-10-6-5-9-16(17)20(25)23-13-15-8-4-3-7-14(15)12-18(23)19(21)24/h2-10,18,22H,1,11-13H2,(H2,21,24). The van der Waals surface area contributed by atoms with Gasteiger partial charge in [0, 0.05) is 25.2 Å². The molecule has 1 atom stereocenters. The number of nitrogens with two attached hydrogens (primary N) is 1. The molecule has 0 radical (unpaired) electrons. The number of rotatable bonds is 5. The summed E-state index contributed by atoms with van der Waals surface area (Å²) in [6.45, 7) is 4.60. The van der Waals surface area contributed by atoms with E-state index in [1.807, 2.05) is 42.5 Å². The van der Waals surface area contributed by atoms with Crippen molar-refractivity contribution in [1.82, 2.24) is 4.90 Å². The lowest BCUT2D eigenvalue weighted by molar-refractivity contribution is -0.122. The minimum Gasteiger partial charge on any atom is -0.381 e. The third-order valence-corrected chi connectivity index (χ3v) is 4.43. The number of benzene rings is 2. The number of hydrogen-bond acceptors (Lipinski definition) is 3. The van der Waals surface area contributed by atoms with E-state index in [2.05, 4.69) is 11.9 Å². The number of carbonyl (C=O) groups is 2. The molecule has 1 aliphatic heterocycles. The van der Waals surface area contributed by atoms with E-state index in [0.29, 0.717) is 25.1 Å². The third-order valence-electron chi connectivity index (χ3n) is 4.43. The summed E-state index contributed by atoms with van der Waals surface area (Å²) >= 11 is 0. The maximum atomic E-state index is 13.2. The van der Waals surface area contributed by atoms with Crippen molar-refractivity contribution in [2.45, 2.75) is 19.0 Å². The van der Waals surface area contributed by atoms with E-state index in [4.69, 9.17) is 5.73 Å². The fourth-order valence-electron chi connectivity index (χ4n) is 3.15. The fourth-order valence-corrected chi connectivity index (χ4v) is 3.15. The van der Waals surface area contributed by atoms with Crippen molar-refractivity contribution in [3.63, 3.8) is 0 Å². The van der Waals surface area contributed by atoms with E-state index in [1.54, 1.807) is 17.0 Å². The summed E-state index contributed by atoms with van der Waals surface area (Å²) in [4.78, 5) is 26.7. The van der Waals surface area contributed by atoms with E-state index in [1.165, 1.54) is 0 Å². The molecule has 0 saturated heterocycles. The second-order valence-corrected chi connectivity index (χ2v) is 6.04. The largest absolute Gasteiger partial charge is 0.381 e. The number of carbonyl (C=O) groups excluding carboxylic acids is 2. The van der Waals surface area contributed by atoms with Gasteiger partial charge in [-0.1, -0.05) is 42.5 Å². The molecule has 2 aromatic carbocycles. The van der Waals surface area contributed by atoms with Gasteiger partial charge in [0.2, 0.25) is 5.91 Å². The van der Waals surface area contributed by atoms with E-state index in [0.717, 1.165) is 16.8 Å². The van der Waals surface area contributed by atoms with Crippen molar-refractivity contribution in [3.8, 4) is 0 Å². The molecule has 1 heterocycles. The molecule has 3 rings (SSSR count). The number of amides is 2. The summed E-state index contributed by atoms with van der Waals surface area (Å²) in [6, 6.07) is 14.5. The summed E-state index contributed by atoms with van der Waals surface area (Å²) in [7, 11) is 0. The number of para-hydroxylation sites is 1. The van der Waals surface area contributed by atoms with Crippen molar-refractivity contribution in [2.75, 3.05) is 11.9 Å². The van der Waals surface area contributed by atoms with Crippen LogP contribution in [0.5, 0.6) is 0 Å². The summed E-state index contributed by atoms with van der Waals surface area (Å²) in [5, 5.41) is 3.16. The van der Waals surface area contributed by atoms with Gasteiger partial charge in [0.15, 0.2) is 0 Å². The summed E-state index contributed by atoms with van der Waals surface area (Å²) in [5.41, 5.74) is 8.94. The minimum absolute atomic E-state index is 0.203. The second kappa shape index (κ2) is 7.21. The van der Waals surface area contributed by atoms with Gasteiger partial charge in [-0.3, -0.25) is 9.59 Å². The van der Waals surface area contributed by atoms with Crippen molar-refractivity contribution in [3.05, 3.63) is 77.9 Å². The Labute approximate surface area is 147 Å². The number of nitrogens with zero attached hydrogens (tertiary/aromatic N) is 1. The van der Waals surface area contributed by atoms with Gasteiger partial charge in [-0.05, 0) is 23.3 Å². The Bertz CT molecular complexity index is 816. The number of hydrogen-bond donors (Lipinski definition) is 2. The van der Waals surface area contributed by atoms with E-state index < -0.39 is 11.9 Å². The normalized spacial score (nSPS) is 16.0. The monoisotopic (exact) mass is 335 g/mol. The Morgan fingerprint density at radius 2 is 1.84 bits per heavy atom. The van der Waals surface area contributed by atoms with Crippen molar-refractivity contribution in [1.29, 1.82) is 0 Å². The Morgan fingerprint density at radius 3 is 2.56 bits per heavy atom. The molecule has 5 heteroatoms. The van der Waals surface area contributed by atoms with Gasteiger partial charge < -0.3 is 16.0 Å². The van der Waals surface area contributed by atoms with Crippen LogP contribution in [-0.2, 0) is 17.8 Å². The van der Waals surface area contributed by atoms with Crippen LogP contribution in [0.4, 0.5) is 5.69 Å². The number of nitrogens with one attached hydrogen (secondary N) is 1. The molecule has 0 aliphatic carbocycles. The molecular formula is C20H21N3O2. The molecule has 1 aliphatic rings. The van der Waals surface area contributed by atoms with E-state index in [-0.39, 0.29) is 5.91 Å². The van der Waals surface area contributed by atoms with Crippen molar-refractivity contribution >= 4 is 17.5 Å². The van der Waals surface area contributed by atoms with Crippen LogP contribution in [0.15, 0.2) is 61.2 Å². The highest BCUT2D eigenvalue weighted by Crippen LogP contribution is 2.27. The predicted molar refractivity (Wildman–Crippen MR) is 98.1 cm³/mol. The van der Waals surface area contributed by atoms with Crippen LogP contribution in [0.2, 0.25) is 0 Å². The number of anilines is 1. The Balaban J connectivity index is 1.95. The predicted octanol–water partition coefficient (Wildman–Crippen LogP) is 2.34. The highest BCUT2D eigenvalue weighted by atomic mass is 16.2. The van der Waals surface area contributed by atoms with E-state index >= 15 is 0 Å². The van der Waals surface area contributed by atoms with Crippen molar-refractivity contribution < 1.29 is 9.59 Å². The van der Waals surface area contributed by atoms with Crippen LogP contribution in [0.1, 0.15) is 21.5 Å². The molecule has 0 aromatic heterocycles. The summed E-state index contributed by atoms with van der Waals surface area (Å²) in [5.74, 6) is -0.690. The lowest BCUT2D eigenvalue weighted by Crippen LogP contribution is -2.51. The highest BCUT2D eigenvalue weighted by Gasteiger charge is 2.34. The van der Waals surface area contributed by atoms with Gasteiger partial charge in [-0.2, -0.15) is 0 Å². The SMILES string of the molecule is C=CCNc1ccccc1C(=O)N1Cc2ccccc2CC1C(N)=O. The average Bonchev–Trinajstić information content (AvgIpc) is 2.65. The van der Waals surface area contributed by atoms with Crippen LogP contribution in [0.3, 0.4) is 0 Å². The third kappa shape index (κ3) is 3.40. The first-order chi connectivity index (χ1) is 12.1. The molecule has 0 saturated carbocycles. The summed E-state index contributed by atoms with van der Waals surface area (Å²) in [6.07, 6.45) is 2.17. The first-order valence-corrected chi connectivity index (χ1v) is 8.22. The van der Waals surface area contributed by atoms with Crippen LogP contribution in [0.25, 0.3) is 0 Å². The van der Waals surface area contributed by atoms with Gasteiger partial charge in [-0.15, -0.1) is 6.58 Å². The smallest absolute Gasteiger partial charge is 0.256 e. The first kappa shape index (κ1) is 16.8. The Morgan fingerprint density at radius 1 is 1.16 bits per heavy atom. The average molecular weight is 335 g/mol. The molecule has 2 aromatic rings. The molecule has 2 amide bonds. The minimum atomic E-state index is -0.644. The lowest BCUT2D eigenvalue weighted by Gasteiger charge is -2.35. The molecule has 0 bridgehead atoms. The molecule has 3 N–H and O–H groups in total. The molecule has 128 valence electrons. The fraction of sp³-hybridized carbons (Fsp3) is 0.200. The zero-order valence-corrected chi connectivity index (χ0v) is 13.9. The highest BCUT2D eigenvalue weighted by molar-refractivity contribution is 6.02.